The lowest BCUT2D eigenvalue weighted by molar-refractivity contribution is -0.0149. The van der Waals surface area contributed by atoms with Gasteiger partial charge in [0.15, 0.2) is 0 Å². The molecule has 16 heavy (non-hydrogen) atoms. The lowest BCUT2D eigenvalue weighted by Crippen LogP contribution is -2.24. The second kappa shape index (κ2) is 7.20. The maximum absolute atomic E-state index is 5.62. The average Bonchev–Trinajstić information content (AvgIpc) is 2.35. The van der Waals surface area contributed by atoms with Gasteiger partial charge in [-0.1, -0.05) is 43.3 Å². The van der Waals surface area contributed by atoms with Gasteiger partial charge in [-0.2, -0.15) is 0 Å². The van der Waals surface area contributed by atoms with Crippen molar-refractivity contribution in [1.29, 1.82) is 0 Å². The molecule has 0 aromatic heterocycles. The average molecular weight is 220 g/mol. The Bertz CT molecular complexity index is 295. The quantitative estimate of drug-likeness (QED) is 0.657. The van der Waals surface area contributed by atoms with Crippen LogP contribution in [0.15, 0.2) is 43.0 Å². The van der Waals surface area contributed by atoms with Crippen molar-refractivity contribution in [2.24, 2.45) is 5.92 Å². The van der Waals surface area contributed by atoms with Crippen LogP contribution in [0.1, 0.15) is 12.5 Å². The molecule has 0 aliphatic rings. The summed E-state index contributed by atoms with van der Waals surface area (Å²) in [7, 11) is 1.70. The van der Waals surface area contributed by atoms with Crippen molar-refractivity contribution < 1.29 is 9.47 Å². The second-order valence-corrected chi connectivity index (χ2v) is 3.87. The number of methoxy groups -OCH3 is 1. The number of benzene rings is 1. The first-order valence-corrected chi connectivity index (χ1v) is 5.55. The Hall–Kier alpha value is -1.12. The number of hydrogen-bond acceptors (Lipinski definition) is 2. The third-order valence-electron chi connectivity index (χ3n) is 2.65. The van der Waals surface area contributed by atoms with E-state index in [1.54, 1.807) is 7.11 Å². The van der Waals surface area contributed by atoms with E-state index in [1.807, 2.05) is 24.3 Å². The molecule has 0 saturated carbocycles. The molecule has 0 heterocycles. The SMILES string of the molecule is C=C[C@@H](C)[C@@H](COCc1ccccc1)OC. The maximum atomic E-state index is 5.62. The minimum absolute atomic E-state index is 0.0845. The topological polar surface area (TPSA) is 18.5 Å². The van der Waals surface area contributed by atoms with E-state index in [2.05, 4.69) is 25.6 Å². The molecule has 0 N–H and O–H groups in total. The van der Waals surface area contributed by atoms with Gasteiger partial charge >= 0.3 is 0 Å². The van der Waals surface area contributed by atoms with Gasteiger partial charge < -0.3 is 9.47 Å². The molecular formula is C14H20O2. The van der Waals surface area contributed by atoms with Gasteiger partial charge in [-0.05, 0) is 5.56 Å². The molecule has 0 aliphatic heterocycles. The van der Waals surface area contributed by atoms with Crippen LogP contribution in [0, 0.1) is 5.92 Å². The summed E-state index contributed by atoms with van der Waals surface area (Å²) in [6.07, 6.45) is 1.97. The monoisotopic (exact) mass is 220 g/mol. The summed E-state index contributed by atoms with van der Waals surface area (Å²) in [4.78, 5) is 0. The zero-order chi connectivity index (χ0) is 11.8. The van der Waals surface area contributed by atoms with Crippen LogP contribution in [0.5, 0.6) is 0 Å². The van der Waals surface area contributed by atoms with E-state index in [0.717, 1.165) is 0 Å². The number of hydrogen-bond donors (Lipinski definition) is 0. The van der Waals surface area contributed by atoms with Crippen LogP contribution in [0.2, 0.25) is 0 Å². The zero-order valence-corrected chi connectivity index (χ0v) is 10.1. The second-order valence-electron chi connectivity index (χ2n) is 3.87. The molecule has 0 unspecified atom stereocenters. The third kappa shape index (κ3) is 4.17. The molecule has 1 aromatic carbocycles. The van der Waals surface area contributed by atoms with Crippen LogP contribution in [0.4, 0.5) is 0 Å². The van der Waals surface area contributed by atoms with Crippen LogP contribution in [0.25, 0.3) is 0 Å². The Morgan fingerprint density at radius 1 is 1.31 bits per heavy atom. The van der Waals surface area contributed by atoms with Gasteiger partial charge in [-0.25, -0.2) is 0 Å². The van der Waals surface area contributed by atoms with E-state index in [0.29, 0.717) is 19.1 Å². The van der Waals surface area contributed by atoms with Crippen molar-refractivity contribution in [1.82, 2.24) is 0 Å². The van der Waals surface area contributed by atoms with E-state index in [1.165, 1.54) is 5.56 Å². The fourth-order valence-corrected chi connectivity index (χ4v) is 1.45. The molecule has 1 rings (SSSR count). The van der Waals surface area contributed by atoms with E-state index >= 15 is 0 Å². The Morgan fingerprint density at radius 2 is 2.00 bits per heavy atom. The van der Waals surface area contributed by atoms with Gasteiger partial charge in [-0.3, -0.25) is 0 Å². The number of rotatable bonds is 7. The third-order valence-corrected chi connectivity index (χ3v) is 2.65. The van der Waals surface area contributed by atoms with Gasteiger partial charge in [0, 0.05) is 13.0 Å². The highest BCUT2D eigenvalue weighted by Crippen LogP contribution is 2.09. The molecule has 0 amide bonds. The fourth-order valence-electron chi connectivity index (χ4n) is 1.45. The summed E-state index contributed by atoms with van der Waals surface area (Å²) >= 11 is 0. The summed E-state index contributed by atoms with van der Waals surface area (Å²) in [5, 5.41) is 0. The molecule has 2 heteroatoms. The Labute approximate surface area is 97.9 Å². The molecule has 1 aromatic rings. The predicted octanol–water partition coefficient (Wildman–Crippen LogP) is 3.04. The molecule has 2 atom stereocenters. The van der Waals surface area contributed by atoms with Crippen molar-refractivity contribution >= 4 is 0 Å². The van der Waals surface area contributed by atoms with Crippen LogP contribution < -0.4 is 0 Å². The molecule has 0 saturated heterocycles. The van der Waals surface area contributed by atoms with Crippen LogP contribution in [-0.4, -0.2) is 19.8 Å². The first kappa shape index (κ1) is 12.9. The molecule has 88 valence electrons. The van der Waals surface area contributed by atoms with Crippen molar-refractivity contribution in [3.8, 4) is 0 Å². The lowest BCUT2D eigenvalue weighted by atomic mass is 10.1. The number of ether oxygens (including phenoxy) is 2. The highest BCUT2D eigenvalue weighted by atomic mass is 16.5. The summed E-state index contributed by atoms with van der Waals surface area (Å²) in [6, 6.07) is 10.1. The molecular weight excluding hydrogens is 200 g/mol. The summed E-state index contributed by atoms with van der Waals surface area (Å²) in [5.41, 5.74) is 1.18. The normalized spacial score (nSPS) is 14.4. The molecule has 0 fully saturated rings. The van der Waals surface area contributed by atoms with Crippen LogP contribution in [0.3, 0.4) is 0 Å². The maximum Gasteiger partial charge on any atom is 0.0864 e. The van der Waals surface area contributed by atoms with Crippen molar-refractivity contribution in [3.63, 3.8) is 0 Å². The van der Waals surface area contributed by atoms with E-state index < -0.39 is 0 Å². The van der Waals surface area contributed by atoms with Gasteiger partial charge in [0.1, 0.15) is 0 Å². The summed E-state index contributed by atoms with van der Waals surface area (Å²) < 4.78 is 11.0. The summed E-state index contributed by atoms with van der Waals surface area (Å²) in [6.45, 7) is 7.06. The Morgan fingerprint density at radius 3 is 2.56 bits per heavy atom. The van der Waals surface area contributed by atoms with Crippen molar-refractivity contribution in [3.05, 3.63) is 48.6 Å². The van der Waals surface area contributed by atoms with Gasteiger partial charge in [0.2, 0.25) is 0 Å². The Balaban J connectivity index is 2.31. The summed E-state index contributed by atoms with van der Waals surface area (Å²) in [5.74, 6) is 0.306. The predicted molar refractivity (Wildman–Crippen MR) is 66.3 cm³/mol. The molecule has 0 spiro atoms. The standard InChI is InChI=1S/C14H20O2/c1-4-12(2)14(15-3)11-16-10-13-8-6-5-7-9-13/h4-9,12,14H,1,10-11H2,2-3H3/t12-,14-/m1/s1. The van der Waals surface area contributed by atoms with Gasteiger partial charge in [0.25, 0.3) is 0 Å². The molecule has 0 aliphatic carbocycles. The van der Waals surface area contributed by atoms with Gasteiger partial charge in [-0.15, -0.1) is 6.58 Å². The zero-order valence-electron chi connectivity index (χ0n) is 10.1. The molecule has 0 bridgehead atoms. The van der Waals surface area contributed by atoms with Crippen LogP contribution in [-0.2, 0) is 16.1 Å². The largest absolute Gasteiger partial charge is 0.378 e. The Kier molecular flexibility index (Phi) is 5.83. The van der Waals surface area contributed by atoms with E-state index in [4.69, 9.17) is 9.47 Å². The molecule has 0 radical (unpaired) electrons. The van der Waals surface area contributed by atoms with Gasteiger partial charge in [0.05, 0.1) is 19.3 Å². The minimum Gasteiger partial charge on any atom is -0.378 e. The minimum atomic E-state index is 0.0845. The van der Waals surface area contributed by atoms with Crippen molar-refractivity contribution in [2.75, 3.05) is 13.7 Å². The lowest BCUT2D eigenvalue weighted by Gasteiger charge is -2.19. The first-order chi connectivity index (χ1) is 7.77. The smallest absolute Gasteiger partial charge is 0.0864 e. The van der Waals surface area contributed by atoms with Crippen LogP contribution >= 0.6 is 0 Å². The van der Waals surface area contributed by atoms with Crippen molar-refractivity contribution in [2.45, 2.75) is 19.6 Å². The van der Waals surface area contributed by atoms with E-state index in [9.17, 15) is 0 Å². The molecule has 2 nitrogen and oxygen atoms in total. The van der Waals surface area contributed by atoms with E-state index in [-0.39, 0.29) is 6.10 Å². The first-order valence-electron chi connectivity index (χ1n) is 5.55. The fraction of sp³-hybridized carbons (Fsp3) is 0.429. The highest BCUT2D eigenvalue weighted by molar-refractivity contribution is 5.13. The highest BCUT2D eigenvalue weighted by Gasteiger charge is 2.13.